The second-order valence-corrected chi connectivity index (χ2v) is 2.11. The minimum atomic E-state index is 0.135. The van der Waals surface area contributed by atoms with Gasteiger partial charge in [-0.3, -0.25) is 0 Å². The van der Waals surface area contributed by atoms with Crippen LogP contribution in [-0.2, 0) is 12.8 Å². The lowest BCUT2D eigenvalue weighted by Gasteiger charge is -1.83. The van der Waals surface area contributed by atoms with Crippen LogP contribution in [0.1, 0.15) is 18.4 Å². The second kappa shape index (κ2) is 3.37. The van der Waals surface area contributed by atoms with Gasteiger partial charge in [-0.15, -0.1) is 0 Å². The molecule has 3 heteroatoms. The standard InChI is InChI=1S/C7H11NO2/c1-2-7-5-6(3-4-9)8-10-7/h5,9H,2-4H2,1H3. The first-order valence-electron chi connectivity index (χ1n) is 3.42. The number of rotatable bonds is 3. The molecule has 0 spiro atoms. The lowest BCUT2D eigenvalue weighted by molar-refractivity contribution is 0.293. The first kappa shape index (κ1) is 7.28. The Morgan fingerprint density at radius 1 is 1.70 bits per heavy atom. The van der Waals surface area contributed by atoms with Crippen LogP contribution in [0.4, 0.5) is 0 Å². The van der Waals surface area contributed by atoms with Gasteiger partial charge in [-0.25, -0.2) is 0 Å². The maximum Gasteiger partial charge on any atom is 0.136 e. The molecule has 56 valence electrons. The predicted molar refractivity (Wildman–Crippen MR) is 36.7 cm³/mol. The first-order chi connectivity index (χ1) is 4.86. The van der Waals surface area contributed by atoms with Crippen molar-refractivity contribution in [2.75, 3.05) is 6.61 Å². The molecule has 1 heterocycles. The number of aliphatic hydroxyl groups is 1. The van der Waals surface area contributed by atoms with Crippen molar-refractivity contribution in [2.24, 2.45) is 0 Å². The molecule has 0 atom stereocenters. The highest BCUT2D eigenvalue weighted by atomic mass is 16.5. The van der Waals surface area contributed by atoms with Gasteiger partial charge in [-0.1, -0.05) is 12.1 Å². The summed E-state index contributed by atoms with van der Waals surface area (Å²) in [5.74, 6) is 0.878. The molecule has 1 rings (SSSR count). The average Bonchev–Trinajstić information content (AvgIpc) is 2.37. The van der Waals surface area contributed by atoms with Crippen molar-refractivity contribution in [3.05, 3.63) is 17.5 Å². The number of hydrogen-bond donors (Lipinski definition) is 1. The lowest BCUT2D eigenvalue weighted by Crippen LogP contribution is -1.88. The molecule has 0 aliphatic heterocycles. The number of aromatic nitrogens is 1. The largest absolute Gasteiger partial charge is 0.396 e. The third kappa shape index (κ3) is 1.57. The quantitative estimate of drug-likeness (QED) is 0.676. The Hall–Kier alpha value is -0.830. The van der Waals surface area contributed by atoms with Crippen LogP contribution < -0.4 is 0 Å². The Morgan fingerprint density at radius 3 is 3.00 bits per heavy atom. The number of hydrogen-bond acceptors (Lipinski definition) is 3. The Kier molecular flexibility index (Phi) is 2.45. The normalized spacial score (nSPS) is 10.2. The molecule has 3 nitrogen and oxygen atoms in total. The summed E-state index contributed by atoms with van der Waals surface area (Å²) in [6.07, 6.45) is 1.45. The molecular weight excluding hydrogens is 130 g/mol. The molecule has 0 saturated heterocycles. The monoisotopic (exact) mass is 141 g/mol. The van der Waals surface area contributed by atoms with Gasteiger partial charge < -0.3 is 9.63 Å². The van der Waals surface area contributed by atoms with Gasteiger partial charge in [0.05, 0.1) is 5.69 Å². The van der Waals surface area contributed by atoms with Crippen LogP contribution in [-0.4, -0.2) is 16.9 Å². The average molecular weight is 141 g/mol. The molecule has 0 radical (unpaired) electrons. The number of aryl methyl sites for hydroxylation is 1. The zero-order chi connectivity index (χ0) is 7.40. The van der Waals surface area contributed by atoms with Crippen LogP contribution in [0.15, 0.2) is 10.6 Å². The van der Waals surface area contributed by atoms with E-state index < -0.39 is 0 Å². The van der Waals surface area contributed by atoms with Gasteiger partial charge in [-0.05, 0) is 0 Å². The second-order valence-electron chi connectivity index (χ2n) is 2.11. The summed E-state index contributed by atoms with van der Waals surface area (Å²) in [5.41, 5.74) is 0.833. The van der Waals surface area contributed by atoms with Crippen molar-refractivity contribution in [1.82, 2.24) is 5.16 Å². The van der Waals surface area contributed by atoms with Gasteiger partial charge >= 0.3 is 0 Å². The fraction of sp³-hybridized carbons (Fsp3) is 0.571. The van der Waals surface area contributed by atoms with E-state index in [9.17, 15) is 0 Å². The number of nitrogens with zero attached hydrogens (tertiary/aromatic N) is 1. The highest BCUT2D eigenvalue weighted by molar-refractivity contribution is 5.04. The highest BCUT2D eigenvalue weighted by Crippen LogP contribution is 2.03. The van der Waals surface area contributed by atoms with Gasteiger partial charge in [0.25, 0.3) is 0 Å². The smallest absolute Gasteiger partial charge is 0.136 e. The molecule has 1 aromatic rings. The van der Waals surface area contributed by atoms with Crippen molar-refractivity contribution in [1.29, 1.82) is 0 Å². The fourth-order valence-corrected chi connectivity index (χ4v) is 0.755. The van der Waals surface area contributed by atoms with Gasteiger partial charge in [0.2, 0.25) is 0 Å². The lowest BCUT2D eigenvalue weighted by atomic mass is 10.3. The van der Waals surface area contributed by atoms with Gasteiger partial charge in [0, 0.05) is 25.5 Å². The Balaban J connectivity index is 2.59. The van der Waals surface area contributed by atoms with Crippen LogP contribution in [0, 0.1) is 0 Å². The van der Waals surface area contributed by atoms with Gasteiger partial charge in [0.15, 0.2) is 0 Å². The summed E-state index contributed by atoms with van der Waals surface area (Å²) in [6, 6.07) is 1.87. The van der Waals surface area contributed by atoms with E-state index in [-0.39, 0.29) is 6.61 Å². The van der Waals surface area contributed by atoms with E-state index in [0.717, 1.165) is 17.9 Å². The summed E-state index contributed by atoms with van der Waals surface area (Å²) >= 11 is 0. The van der Waals surface area contributed by atoms with Gasteiger partial charge in [0.1, 0.15) is 5.76 Å². The SMILES string of the molecule is CCc1cc(CCO)no1. The molecular formula is C7H11NO2. The molecule has 0 amide bonds. The molecule has 0 aromatic carbocycles. The zero-order valence-electron chi connectivity index (χ0n) is 6.00. The fourth-order valence-electron chi connectivity index (χ4n) is 0.755. The molecule has 10 heavy (non-hydrogen) atoms. The maximum absolute atomic E-state index is 8.52. The maximum atomic E-state index is 8.52. The van der Waals surface area contributed by atoms with Crippen molar-refractivity contribution in [2.45, 2.75) is 19.8 Å². The molecule has 0 aliphatic carbocycles. The molecule has 1 N–H and O–H groups in total. The number of aliphatic hydroxyl groups excluding tert-OH is 1. The van der Waals surface area contributed by atoms with Crippen LogP contribution >= 0.6 is 0 Å². The van der Waals surface area contributed by atoms with Crippen molar-refractivity contribution < 1.29 is 9.63 Å². The third-order valence-electron chi connectivity index (χ3n) is 1.32. The Morgan fingerprint density at radius 2 is 2.50 bits per heavy atom. The van der Waals surface area contributed by atoms with Crippen LogP contribution in [0.3, 0.4) is 0 Å². The van der Waals surface area contributed by atoms with E-state index in [1.807, 2.05) is 13.0 Å². The Bertz CT molecular complexity index is 195. The van der Waals surface area contributed by atoms with E-state index >= 15 is 0 Å². The van der Waals surface area contributed by atoms with E-state index in [1.54, 1.807) is 0 Å². The summed E-state index contributed by atoms with van der Waals surface area (Å²) in [5, 5.41) is 12.3. The summed E-state index contributed by atoms with van der Waals surface area (Å²) in [4.78, 5) is 0. The van der Waals surface area contributed by atoms with Crippen molar-refractivity contribution in [3.8, 4) is 0 Å². The van der Waals surface area contributed by atoms with Gasteiger partial charge in [-0.2, -0.15) is 0 Å². The minimum Gasteiger partial charge on any atom is -0.396 e. The van der Waals surface area contributed by atoms with Crippen LogP contribution in [0.2, 0.25) is 0 Å². The van der Waals surface area contributed by atoms with E-state index in [0.29, 0.717) is 6.42 Å². The van der Waals surface area contributed by atoms with E-state index in [4.69, 9.17) is 9.63 Å². The van der Waals surface area contributed by atoms with E-state index in [1.165, 1.54) is 0 Å². The highest BCUT2D eigenvalue weighted by Gasteiger charge is 1.99. The zero-order valence-corrected chi connectivity index (χ0v) is 6.00. The van der Waals surface area contributed by atoms with Crippen LogP contribution in [0.25, 0.3) is 0 Å². The van der Waals surface area contributed by atoms with Crippen molar-refractivity contribution in [3.63, 3.8) is 0 Å². The summed E-state index contributed by atoms with van der Waals surface area (Å²) in [6.45, 7) is 2.14. The predicted octanol–water partition coefficient (Wildman–Crippen LogP) is 0.772. The van der Waals surface area contributed by atoms with Crippen LogP contribution in [0.5, 0.6) is 0 Å². The molecule has 0 bridgehead atoms. The third-order valence-corrected chi connectivity index (χ3v) is 1.32. The first-order valence-corrected chi connectivity index (χ1v) is 3.42. The molecule has 0 saturated carbocycles. The van der Waals surface area contributed by atoms with Crippen molar-refractivity contribution >= 4 is 0 Å². The molecule has 1 aromatic heterocycles. The Labute approximate surface area is 59.7 Å². The molecule has 0 unspecified atom stereocenters. The summed E-state index contributed by atoms with van der Waals surface area (Å²) in [7, 11) is 0. The minimum absolute atomic E-state index is 0.135. The molecule has 0 fully saturated rings. The van der Waals surface area contributed by atoms with E-state index in [2.05, 4.69) is 5.16 Å². The summed E-state index contributed by atoms with van der Waals surface area (Å²) < 4.78 is 4.91. The molecule has 0 aliphatic rings. The topological polar surface area (TPSA) is 46.3 Å².